The summed E-state index contributed by atoms with van der Waals surface area (Å²) in [6, 6.07) is 15.9. The van der Waals surface area contributed by atoms with Crippen LogP contribution in [0.15, 0.2) is 54.7 Å². The van der Waals surface area contributed by atoms with Gasteiger partial charge in [0.15, 0.2) is 0 Å². The first kappa shape index (κ1) is 20.5. The van der Waals surface area contributed by atoms with E-state index in [0.717, 1.165) is 37.1 Å². The van der Waals surface area contributed by atoms with Crippen LogP contribution < -0.4 is 4.90 Å². The van der Waals surface area contributed by atoms with Gasteiger partial charge in [0.25, 0.3) is 5.91 Å². The maximum Gasteiger partial charge on any atom is 0.253 e. The van der Waals surface area contributed by atoms with E-state index < -0.39 is 0 Å². The van der Waals surface area contributed by atoms with Crippen molar-refractivity contribution in [3.63, 3.8) is 0 Å². The molecular weight excluding hydrogens is 400 g/mol. The molecule has 164 valence electrons. The van der Waals surface area contributed by atoms with Gasteiger partial charge in [0.2, 0.25) is 5.91 Å². The minimum atomic E-state index is 0.0423. The molecular formula is C26H28N4O2. The monoisotopic (exact) mass is 428 g/mol. The van der Waals surface area contributed by atoms with E-state index in [-0.39, 0.29) is 11.8 Å². The number of H-pyrrole nitrogens is 1. The Bertz CT molecular complexity index is 1140. The fraction of sp³-hybridized carbons (Fsp3) is 0.346. The number of aryl methyl sites for hydroxylation is 1. The quantitative estimate of drug-likeness (QED) is 0.664. The van der Waals surface area contributed by atoms with Crippen LogP contribution in [0.3, 0.4) is 0 Å². The van der Waals surface area contributed by atoms with E-state index in [0.29, 0.717) is 31.0 Å². The van der Waals surface area contributed by atoms with Gasteiger partial charge in [-0.2, -0.15) is 5.10 Å². The number of hydrogen-bond acceptors (Lipinski definition) is 3. The fourth-order valence-corrected chi connectivity index (χ4v) is 4.98. The molecule has 0 bridgehead atoms. The molecule has 0 spiro atoms. The van der Waals surface area contributed by atoms with Crippen LogP contribution in [-0.4, -0.2) is 46.5 Å². The molecule has 2 aromatic carbocycles. The molecule has 1 N–H and O–H groups in total. The molecule has 0 aliphatic carbocycles. The molecule has 0 saturated carbocycles. The molecule has 2 aliphatic rings. The zero-order chi connectivity index (χ0) is 22.1. The van der Waals surface area contributed by atoms with Crippen molar-refractivity contribution in [3.8, 4) is 11.1 Å². The Morgan fingerprint density at radius 3 is 2.59 bits per heavy atom. The molecule has 0 unspecified atom stereocenters. The van der Waals surface area contributed by atoms with Gasteiger partial charge in [-0.3, -0.25) is 14.7 Å². The van der Waals surface area contributed by atoms with E-state index in [9.17, 15) is 9.59 Å². The average Bonchev–Trinajstić information content (AvgIpc) is 3.48. The first-order chi connectivity index (χ1) is 15.6. The SMILES string of the molecule is Cc1ccccc1-c1cn[nH]c1C1CCN(C(=O)c2cccc(N3CCCC3=O)c2)CC1. The van der Waals surface area contributed by atoms with Crippen LogP contribution in [0.4, 0.5) is 5.69 Å². The van der Waals surface area contributed by atoms with Crippen molar-refractivity contribution < 1.29 is 9.59 Å². The van der Waals surface area contributed by atoms with Crippen LogP contribution in [0.25, 0.3) is 11.1 Å². The van der Waals surface area contributed by atoms with Crippen molar-refractivity contribution in [1.82, 2.24) is 15.1 Å². The van der Waals surface area contributed by atoms with E-state index in [4.69, 9.17) is 0 Å². The molecule has 6 nitrogen and oxygen atoms in total. The third kappa shape index (κ3) is 3.81. The largest absolute Gasteiger partial charge is 0.339 e. The lowest BCUT2D eigenvalue weighted by Gasteiger charge is -2.32. The number of nitrogens with one attached hydrogen (secondary N) is 1. The number of aromatic amines is 1. The van der Waals surface area contributed by atoms with E-state index in [2.05, 4.69) is 41.4 Å². The topological polar surface area (TPSA) is 69.3 Å². The van der Waals surface area contributed by atoms with Gasteiger partial charge < -0.3 is 9.80 Å². The Hall–Kier alpha value is -3.41. The van der Waals surface area contributed by atoms with E-state index in [1.165, 1.54) is 16.8 Å². The number of anilines is 1. The van der Waals surface area contributed by atoms with Crippen LogP contribution in [-0.2, 0) is 4.79 Å². The summed E-state index contributed by atoms with van der Waals surface area (Å²) in [4.78, 5) is 29.0. The minimum absolute atomic E-state index is 0.0423. The summed E-state index contributed by atoms with van der Waals surface area (Å²) in [5.41, 5.74) is 6.26. The van der Waals surface area contributed by atoms with Crippen molar-refractivity contribution >= 4 is 17.5 Å². The third-order valence-electron chi connectivity index (χ3n) is 6.77. The number of carbonyl (C=O) groups excluding carboxylic acids is 2. The Morgan fingerprint density at radius 2 is 1.84 bits per heavy atom. The number of carbonyl (C=O) groups is 2. The molecule has 1 aromatic heterocycles. The summed E-state index contributed by atoms with van der Waals surface area (Å²) in [5, 5.41) is 7.56. The highest BCUT2D eigenvalue weighted by atomic mass is 16.2. The van der Waals surface area contributed by atoms with Crippen molar-refractivity contribution in [2.75, 3.05) is 24.5 Å². The van der Waals surface area contributed by atoms with Crippen molar-refractivity contribution in [2.45, 2.75) is 38.5 Å². The molecule has 2 saturated heterocycles. The molecule has 6 heteroatoms. The predicted molar refractivity (Wildman–Crippen MR) is 125 cm³/mol. The standard InChI is InChI=1S/C26H28N4O2/c1-18-6-2-3-9-22(18)23-17-27-28-25(23)19-11-14-29(15-12-19)26(32)20-7-4-8-21(16-20)30-13-5-10-24(30)31/h2-4,6-9,16-17,19H,5,10-15H2,1H3,(H,27,28). The average molecular weight is 429 g/mol. The maximum atomic E-state index is 13.2. The first-order valence-corrected chi connectivity index (χ1v) is 11.4. The van der Waals surface area contributed by atoms with Gasteiger partial charge in [0, 0.05) is 54.5 Å². The molecule has 2 amide bonds. The van der Waals surface area contributed by atoms with Crippen LogP contribution in [0.5, 0.6) is 0 Å². The van der Waals surface area contributed by atoms with Gasteiger partial charge in [-0.15, -0.1) is 0 Å². The Kier molecular flexibility index (Phi) is 5.52. The lowest BCUT2D eigenvalue weighted by atomic mass is 9.88. The maximum absolute atomic E-state index is 13.2. The number of hydrogen-bond donors (Lipinski definition) is 1. The van der Waals surface area contributed by atoms with Crippen LogP contribution in [0.1, 0.15) is 53.2 Å². The summed E-state index contributed by atoms with van der Waals surface area (Å²) in [7, 11) is 0. The number of amides is 2. The Morgan fingerprint density at radius 1 is 1.03 bits per heavy atom. The van der Waals surface area contributed by atoms with Crippen molar-refractivity contribution in [3.05, 3.63) is 71.5 Å². The number of likely N-dealkylation sites (tertiary alicyclic amines) is 1. The second kappa shape index (κ2) is 8.61. The highest BCUT2D eigenvalue weighted by molar-refractivity contribution is 5.99. The van der Waals surface area contributed by atoms with Gasteiger partial charge >= 0.3 is 0 Å². The molecule has 2 aliphatic heterocycles. The molecule has 5 rings (SSSR count). The van der Waals surface area contributed by atoms with Gasteiger partial charge in [-0.1, -0.05) is 30.3 Å². The van der Waals surface area contributed by atoms with Crippen molar-refractivity contribution in [1.29, 1.82) is 0 Å². The summed E-state index contributed by atoms with van der Waals surface area (Å²) in [5.74, 6) is 0.532. The van der Waals surface area contributed by atoms with Crippen LogP contribution >= 0.6 is 0 Å². The smallest absolute Gasteiger partial charge is 0.253 e. The number of aromatic nitrogens is 2. The fourth-order valence-electron chi connectivity index (χ4n) is 4.98. The number of piperidine rings is 1. The normalized spacial score (nSPS) is 17.2. The number of rotatable bonds is 4. The van der Waals surface area contributed by atoms with Gasteiger partial charge in [-0.05, 0) is 55.5 Å². The lowest BCUT2D eigenvalue weighted by Crippen LogP contribution is -2.38. The highest BCUT2D eigenvalue weighted by Gasteiger charge is 2.28. The molecule has 0 radical (unpaired) electrons. The first-order valence-electron chi connectivity index (χ1n) is 11.4. The zero-order valence-electron chi connectivity index (χ0n) is 18.4. The van der Waals surface area contributed by atoms with Gasteiger partial charge in [-0.25, -0.2) is 0 Å². The van der Waals surface area contributed by atoms with E-state index in [1.54, 1.807) is 4.90 Å². The van der Waals surface area contributed by atoms with Gasteiger partial charge in [0.05, 0.1) is 6.20 Å². The summed E-state index contributed by atoms with van der Waals surface area (Å²) >= 11 is 0. The van der Waals surface area contributed by atoms with E-state index in [1.807, 2.05) is 35.4 Å². The summed E-state index contributed by atoms with van der Waals surface area (Å²) < 4.78 is 0. The van der Waals surface area contributed by atoms with Crippen LogP contribution in [0.2, 0.25) is 0 Å². The second-order valence-electron chi connectivity index (χ2n) is 8.78. The molecule has 3 heterocycles. The Balaban J connectivity index is 1.28. The Labute approximate surface area is 188 Å². The highest BCUT2D eigenvalue weighted by Crippen LogP contribution is 2.35. The number of nitrogens with zero attached hydrogens (tertiary/aromatic N) is 3. The number of benzene rings is 2. The van der Waals surface area contributed by atoms with Crippen LogP contribution in [0, 0.1) is 6.92 Å². The van der Waals surface area contributed by atoms with Gasteiger partial charge in [0.1, 0.15) is 0 Å². The summed E-state index contributed by atoms with van der Waals surface area (Å²) in [6.45, 7) is 4.28. The summed E-state index contributed by atoms with van der Waals surface area (Å²) in [6.07, 6.45) is 5.18. The minimum Gasteiger partial charge on any atom is -0.339 e. The predicted octanol–water partition coefficient (Wildman–Crippen LogP) is 4.53. The molecule has 0 atom stereocenters. The second-order valence-corrected chi connectivity index (χ2v) is 8.78. The lowest BCUT2D eigenvalue weighted by molar-refractivity contribution is -0.117. The zero-order valence-corrected chi connectivity index (χ0v) is 18.4. The van der Waals surface area contributed by atoms with E-state index >= 15 is 0 Å². The molecule has 2 fully saturated rings. The third-order valence-corrected chi connectivity index (χ3v) is 6.77. The van der Waals surface area contributed by atoms with Crippen molar-refractivity contribution in [2.24, 2.45) is 0 Å². The molecule has 3 aromatic rings. The molecule has 32 heavy (non-hydrogen) atoms.